The fraction of sp³-hybridized carbons (Fsp3) is 0.273. The zero-order chi connectivity index (χ0) is 21.3. The van der Waals surface area contributed by atoms with E-state index in [9.17, 15) is 4.79 Å². The minimum Gasteiger partial charge on any atom is -0.496 e. The number of rotatable bonds is 9. The summed E-state index contributed by atoms with van der Waals surface area (Å²) < 4.78 is 10.6. The van der Waals surface area contributed by atoms with Crippen LogP contribution in [0, 0.1) is 0 Å². The number of carbonyl (C=O) groups is 1. The Balaban J connectivity index is 1.59. The molecule has 1 heterocycles. The lowest BCUT2D eigenvalue weighted by molar-refractivity contribution is -0.145. The monoisotopic (exact) mass is 407 g/mol. The quantitative estimate of drug-likeness (QED) is 0.519. The first-order valence-electron chi connectivity index (χ1n) is 9.72. The molecule has 0 spiro atoms. The number of nitrogens with two attached hydrogens (primary N) is 1. The molecule has 3 rings (SSSR count). The molecule has 3 N–H and O–H groups in total. The number of benzene rings is 2. The van der Waals surface area contributed by atoms with Crippen LogP contribution in [0.1, 0.15) is 30.3 Å². The predicted molar refractivity (Wildman–Crippen MR) is 114 cm³/mol. The van der Waals surface area contributed by atoms with Crippen molar-refractivity contribution in [2.75, 3.05) is 18.2 Å². The number of esters is 1. The van der Waals surface area contributed by atoms with Crippen molar-refractivity contribution >= 4 is 23.6 Å². The summed E-state index contributed by atoms with van der Waals surface area (Å²) in [5.74, 6) is 1.04. The average Bonchev–Trinajstić information content (AvgIpc) is 2.76. The Bertz CT molecular complexity index is 1010. The van der Waals surface area contributed by atoms with Gasteiger partial charge in [-0.1, -0.05) is 43.3 Å². The molecule has 0 aliphatic carbocycles. The maximum atomic E-state index is 12.2. The summed E-state index contributed by atoms with van der Waals surface area (Å²) in [6.07, 6.45) is 1.60. The maximum absolute atomic E-state index is 12.2. The van der Waals surface area contributed by atoms with Crippen LogP contribution >= 0.6 is 0 Å². The molecule has 0 unspecified atom stereocenters. The number of nitrogen functional groups attached to an aromatic ring is 1. The highest BCUT2D eigenvalue weighted by atomic mass is 16.5. The smallest absolute Gasteiger partial charge is 0.306 e. The maximum Gasteiger partial charge on any atom is 0.306 e. The van der Waals surface area contributed by atoms with Gasteiger partial charge in [0, 0.05) is 12.1 Å². The Morgan fingerprint density at radius 3 is 2.53 bits per heavy atom. The van der Waals surface area contributed by atoms with Gasteiger partial charge in [0.2, 0.25) is 11.9 Å². The van der Waals surface area contributed by atoms with Crippen LogP contribution in [-0.2, 0) is 29.0 Å². The number of aryl methyl sites for hydroxylation is 2. The van der Waals surface area contributed by atoms with E-state index in [4.69, 9.17) is 15.2 Å². The number of ether oxygens (including phenoxy) is 2. The third-order valence-corrected chi connectivity index (χ3v) is 4.50. The number of carbonyl (C=O) groups excluding carboxylic acids is 1. The molecular formula is C22H25N5O3. The molecule has 8 heteroatoms. The summed E-state index contributed by atoms with van der Waals surface area (Å²) in [6.45, 7) is 1.99. The van der Waals surface area contributed by atoms with Crippen LogP contribution in [0.5, 0.6) is 5.75 Å². The summed E-state index contributed by atoms with van der Waals surface area (Å²) in [5, 5.41) is 3.16. The summed E-state index contributed by atoms with van der Waals surface area (Å²) >= 11 is 0. The van der Waals surface area contributed by atoms with E-state index in [0.717, 1.165) is 29.0 Å². The van der Waals surface area contributed by atoms with Crippen molar-refractivity contribution in [3.63, 3.8) is 0 Å². The lowest BCUT2D eigenvalue weighted by Gasteiger charge is -2.11. The fourth-order valence-corrected chi connectivity index (χ4v) is 2.99. The van der Waals surface area contributed by atoms with E-state index in [1.165, 1.54) is 0 Å². The van der Waals surface area contributed by atoms with E-state index >= 15 is 0 Å². The third kappa shape index (κ3) is 5.66. The highest BCUT2D eigenvalue weighted by Gasteiger charge is 2.11. The molecule has 0 atom stereocenters. The Morgan fingerprint density at radius 1 is 1.03 bits per heavy atom. The van der Waals surface area contributed by atoms with E-state index in [1.807, 2.05) is 48.5 Å². The lowest BCUT2D eigenvalue weighted by Crippen LogP contribution is -2.12. The van der Waals surface area contributed by atoms with Gasteiger partial charge in [0.1, 0.15) is 5.75 Å². The minimum atomic E-state index is -0.356. The van der Waals surface area contributed by atoms with E-state index in [1.54, 1.807) is 7.11 Å². The van der Waals surface area contributed by atoms with Crippen LogP contribution in [0.2, 0.25) is 0 Å². The molecule has 0 aliphatic heterocycles. The van der Waals surface area contributed by atoms with Crippen LogP contribution in [0.3, 0.4) is 0 Å². The zero-order valence-corrected chi connectivity index (χ0v) is 17.1. The molecule has 3 aromatic rings. The second kappa shape index (κ2) is 10.2. The summed E-state index contributed by atoms with van der Waals surface area (Å²) in [6, 6.07) is 15.4. The predicted octanol–water partition coefficient (Wildman–Crippen LogP) is 3.44. The Hall–Kier alpha value is -3.68. The van der Waals surface area contributed by atoms with Crippen LogP contribution in [0.15, 0.2) is 48.5 Å². The topological polar surface area (TPSA) is 112 Å². The van der Waals surface area contributed by atoms with Gasteiger partial charge in [0.25, 0.3) is 0 Å². The van der Waals surface area contributed by atoms with Crippen molar-refractivity contribution in [1.29, 1.82) is 0 Å². The zero-order valence-electron chi connectivity index (χ0n) is 17.1. The standard InChI is InChI=1S/C22H25N5O3/c1-3-15-8-4-6-10-17(15)24-22-26-19(25-21(23)27-22)14-30-20(28)13-12-16-9-5-7-11-18(16)29-2/h4-11H,3,12-14H2,1-2H3,(H3,23,24,25,26,27). The first-order chi connectivity index (χ1) is 14.6. The number of nitrogens with zero attached hydrogens (tertiary/aromatic N) is 3. The van der Waals surface area contributed by atoms with Crippen LogP contribution < -0.4 is 15.8 Å². The molecule has 2 aromatic carbocycles. The first kappa shape index (κ1) is 21.0. The van der Waals surface area contributed by atoms with Crippen molar-refractivity contribution in [1.82, 2.24) is 15.0 Å². The lowest BCUT2D eigenvalue weighted by atomic mass is 10.1. The van der Waals surface area contributed by atoms with E-state index in [2.05, 4.69) is 27.2 Å². The van der Waals surface area contributed by atoms with Gasteiger partial charge in [-0.3, -0.25) is 4.79 Å². The van der Waals surface area contributed by atoms with Crippen molar-refractivity contribution in [2.45, 2.75) is 32.8 Å². The van der Waals surface area contributed by atoms with Crippen LogP contribution in [0.4, 0.5) is 17.6 Å². The number of hydrogen-bond acceptors (Lipinski definition) is 8. The fourth-order valence-electron chi connectivity index (χ4n) is 2.99. The van der Waals surface area contributed by atoms with Crippen molar-refractivity contribution < 1.29 is 14.3 Å². The van der Waals surface area contributed by atoms with E-state index in [-0.39, 0.29) is 30.8 Å². The SMILES string of the molecule is CCc1ccccc1Nc1nc(N)nc(COC(=O)CCc2ccccc2OC)n1. The molecule has 0 radical (unpaired) electrons. The normalized spacial score (nSPS) is 10.5. The van der Waals surface area contributed by atoms with Gasteiger partial charge in [-0.05, 0) is 36.1 Å². The second-order valence-corrected chi connectivity index (χ2v) is 6.54. The summed E-state index contributed by atoms with van der Waals surface area (Å²) in [5.41, 5.74) is 8.77. The van der Waals surface area contributed by atoms with E-state index in [0.29, 0.717) is 12.4 Å². The molecule has 156 valence electrons. The Morgan fingerprint density at radius 2 is 1.77 bits per heavy atom. The molecule has 0 aliphatic rings. The highest BCUT2D eigenvalue weighted by molar-refractivity contribution is 5.69. The van der Waals surface area contributed by atoms with Crippen LogP contribution in [-0.4, -0.2) is 28.0 Å². The molecule has 30 heavy (non-hydrogen) atoms. The summed E-state index contributed by atoms with van der Waals surface area (Å²) in [4.78, 5) is 24.6. The van der Waals surface area contributed by atoms with Crippen LogP contribution in [0.25, 0.3) is 0 Å². The third-order valence-electron chi connectivity index (χ3n) is 4.50. The molecule has 0 bridgehead atoms. The molecule has 0 amide bonds. The molecule has 0 saturated carbocycles. The summed E-state index contributed by atoms with van der Waals surface area (Å²) in [7, 11) is 1.60. The molecule has 0 fully saturated rings. The highest BCUT2D eigenvalue weighted by Crippen LogP contribution is 2.20. The second-order valence-electron chi connectivity index (χ2n) is 6.54. The van der Waals surface area contributed by atoms with Crippen molar-refractivity contribution in [2.24, 2.45) is 0 Å². The number of methoxy groups -OCH3 is 1. The molecular weight excluding hydrogens is 382 g/mol. The van der Waals surface area contributed by atoms with Gasteiger partial charge < -0.3 is 20.5 Å². The number of hydrogen-bond donors (Lipinski definition) is 2. The molecule has 8 nitrogen and oxygen atoms in total. The van der Waals surface area contributed by atoms with Gasteiger partial charge in [0.05, 0.1) is 7.11 Å². The van der Waals surface area contributed by atoms with Gasteiger partial charge in [-0.2, -0.15) is 15.0 Å². The Labute approximate surface area is 175 Å². The Kier molecular flexibility index (Phi) is 7.15. The minimum absolute atomic E-state index is 0.0570. The van der Waals surface area contributed by atoms with E-state index < -0.39 is 0 Å². The molecule has 1 aromatic heterocycles. The van der Waals surface area contributed by atoms with Crippen molar-refractivity contribution in [3.05, 3.63) is 65.5 Å². The van der Waals surface area contributed by atoms with Crippen molar-refractivity contribution in [3.8, 4) is 5.75 Å². The van der Waals surface area contributed by atoms with Gasteiger partial charge >= 0.3 is 5.97 Å². The number of anilines is 3. The number of aromatic nitrogens is 3. The van der Waals surface area contributed by atoms with Gasteiger partial charge in [-0.25, -0.2) is 0 Å². The number of para-hydroxylation sites is 2. The average molecular weight is 407 g/mol. The van der Waals surface area contributed by atoms with Gasteiger partial charge in [0.15, 0.2) is 12.4 Å². The largest absolute Gasteiger partial charge is 0.496 e. The first-order valence-corrected chi connectivity index (χ1v) is 9.72. The molecule has 0 saturated heterocycles. The number of nitrogens with one attached hydrogen (secondary N) is 1. The van der Waals surface area contributed by atoms with Gasteiger partial charge in [-0.15, -0.1) is 0 Å².